The minimum atomic E-state index is -4.28. The minimum Gasteiger partial charge on any atom is -0.382 e. The van der Waals surface area contributed by atoms with Crippen LogP contribution in [0.3, 0.4) is 0 Å². The van der Waals surface area contributed by atoms with Crippen molar-refractivity contribution in [3.63, 3.8) is 0 Å². The molecule has 0 saturated heterocycles. The number of anilines is 1. The highest BCUT2D eigenvalue weighted by molar-refractivity contribution is 5.54. The standard InChI is InChI=1S/C13H16F3N/c1-2-5-9-8-12(9)17-11-7-4-3-6-10(11)13(14,15)16/h3-4,6-7,9,12,17H,2,5,8H2,1H3. The summed E-state index contributed by atoms with van der Waals surface area (Å²) in [6, 6.07) is 5.90. The summed E-state index contributed by atoms with van der Waals surface area (Å²) < 4.78 is 38.2. The molecule has 0 radical (unpaired) electrons. The molecule has 1 N–H and O–H groups in total. The number of hydrogen-bond donors (Lipinski definition) is 1. The topological polar surface area (TPSA) is 12.0 Å². The molecule has 2 rings (SSSR count). The summed E-state index contributed by atoms with van der Waals surface area (Å²) in [6.45, 7) is 2.10. The quantitative estimate of drug-likeness (QED) is 0.831. The van der Waals surface area contributed by atoms with Gasteiger partial charge in [-0.05, 0) is 30.9 Å². The third-order valence-electron chi connectivity index (χ3n) is 3.16. The van der Waals surface area contributed by atoms with Crippen LogP contribution in [0.2, 0.25) is 0 Å². The van der Waals surface area contributed by atoms with E-state index in [1.807, 2.05) is 0 Å². The summed E-state index contributed by atoms with van der Waals surface area (Å²) in [6.07, 6.45) is -1.12. The number of benzene rings is 1. The number of halogens is 3. The lowest BCUT2D eigenvalue weighted by Gasteiger charge is -2.14. The van der Waals surface area contributed by atoms with Crippen LogP contribution in [0.1, 0.15) is 31.7 Å². The van der Waals surface area contributed by atoms with Gasteiger partial charge in [-0.25, -0.2) is 0 Å². The van der Waals surface area contributed by atoms with Crippen LogP contribution in [0.4, 0.5) is 18.9 Å². The lowest BCUT2D eigenvalue weighted by molar-refractivity contribution is -0.136. The first kappa shape index (κ1) is 12.3. The van der Waals surface area contributed by atoms with E-state index in [1.54, 1.807) is 6.07 Å². The third-order valence-corrected chi connectivity index (χ3v) is 3.16. The molecule has 0 amide bonds. The summed E-state index contributed by atoms with van der Waals surface area (Å²) in [5.41, 5.74) is -0.356. The van der Waals surface area contributed by atoms with Crippen LogP contribution in [0, 0.1) is 5.92 Å². The number of nitrogens with one attached hydrogen (secondary N) is 1. The predicted octanol–water partition coefficient (Wildman–Crippen LogP) is 4.31. The Morgan fingerprint density at radius 3 is 2.65 bits per heavy atom. The van der Waals surface area contributed by atoms with E-state index >= 15 is 0 Å². The van der Waals surface area contributed by atoms with Crippen molar-refractivity contribution in [1.82, 2.24) is 0 Å². The molecule has 1 saturated carbocycles. The fourth-order valence-electron chi connectivity index (χ4n) is 2.17. The Kier molecular flexibility index (Phi) is 3.31. The Morgan fingerprint density at radius 1 is 1.29 bits per heavy atom. The number of rotatable bonds is 4. The zero-order valence-corrected chi connectivity index (χ0v) is 9.72. The van der Waals surface area contributed by atoms with Crippen molar-refractivity contribution in [2.75, 3.05) is 5.32 Å². The molecule has 1 aliphatic carbocycles. The zero-order valence-electron chi connectivity index (χ0n) is 9.72. The molecule has 17 heavy (non-hydrogen) atoms. The van der Waals surface area contributed by atoms with Crippen LogP contribution < -0.4 is 5.32 Å². The lowest BCUT2D eigenvalue weighted by atomic mass is 10.1. The number of hydrogen-bond acceptors (Lipinski definition) is 1. The van der Waals surface area contributed by atoms with Crippen molar-refractivity contribution in [2.24, 2.45) is 5.92 Å². The summed E-state index contributed by atoms with van der Waals surface area (Å²) in [4.78, 5) is 0. The number of para-hydroxylation sites is 1. The molecule has 1 aromatic carbocycles. The van der Waals surface area contributed by atoms with Gasteiger partial charge in [-0.3, -0.25) is 0 Å². The molecule has 1 fully saturated rings. The normalized spacial score (nSPS) is 23.5. The minimum absolute atomic E-state index is 0.212. The van der Waals surface area contributed by atoms with Crippen molar-refractivity contribution in [3.05, 3.63) is 29.8 Å². The van der Waals surface area contributed by atoms with E-state index in [0.717, 1.165) is 25.3 Å². The van der Waals surface area contributed by atoms with Crippen molar-refractivity contribution in [2.45, 2.75) is 38.4 Å². The average molecular weight is 243 g/mol. The van der Waals surface area contributed by atoms with Crippen LogP contribution in [-0.2, 0) is 6.18 Å². The second-order valence-electron chi connectivity index (χ2n) is 4.58. The van der Waals surface area contributed by atoms with E-state index in [4.69, 9.17) is 0 Å². The molecular weight excluding hydrogens is 227 g/mol. The monoisotopic (exact) mass is 243 g/mol. The summed E-state index contributed by atoms with van der Waals surface area (Å²) >= 11 is 0. The Labute approximate surface area is 99.0 Å². The Hall–Kier alpha value is -1.19. The van der Waals surface area contributed by atoms with Gasteiger partial charge in [-0.2, -0.15) is 13.2 Å². The van der Waals surface area contributed by atoms with Crippen LogP contribution in [0.25, 0.3) is 0 Å². The first-order valence-corrected chi connectivity index (χ1v) is 5.95. The lowest BCUT2D eigenvalue weighted by Crippen LogP contribution is -2.12. The predicted molar refractivity (Wildman–Crippen MR) is 61.9 cm³/mol. The van der Waals surface area contributed by atoms with Crippen molar-refractivity contribution >= 4 is 5.69 Å². The van der Waals surface area contributed by atoms with Gasteiger partial charge in [0.1, 0.15) is 0 Å². The van der Waals surface area contributed by atoms with Gasteiger partial charge < -0.3 is 5.32 Å². The Balaban J connectivity index is 2.07. The molecule has 1 nitrogen and oxygen atoms in total. The molecule has 4 heteroatoms. The van der Waals surface area contributed by atoms with Gasteiger partial charge in [-0.15, -0.1) is 0 Å². The Morgan fingerprint density at radius 2 is 2.00 bits per heavy atom. The van der Waals surface area contributed by atoms with Crippen LogP contribution in [-0.4, -0.2) is 6.04 Å². The second kappa shape index (κ2) is 4.59. The van der Waals surface area contributed by atoms with E-state index in [2.05, 4.69) is 12.2 Å². The molecule has 0 aromatic heterocycles. The molecule has 2 atom stereocenters. The first-order chi connectivity index (χ1) is 8.02. The van der Waals surface area contributed by atoms with Crippen molar-refractivity contribution in [1.29, 1.82) is 0 Å². The van der Waals surface area contributed by atoms with Gasteiger partial charge >= 0.3 is 6.18 Å². The maximum absolute atomic E-state index is 12.7. The molecule has 2 unspecified atom stereocenters. The maximum atomic E-state index is 12.7. The van der Waals surface area contributed by atoms with Gasteiger partial charge in [-0.1, -0.05) is 25.5 Å². The molecule has 94 valence electrons. The van der Waals surface area contributed by atoms with E-state index < -0.39 is 11.7 Å². The van der Waals surface area contributed by atoms with Gasteiger partial charge in [0.15, 0.2) is 0 Å². The van der Waals surface area contributed by atoms with E-state index in [1.165, 1.54) is 12.1 Å². The highest BCUT2D eigenvalue weighted by Crippen LogP contribution is 2.40. The fraction of sp³-hybridized carbons (Fsp3) is 0.538. The van der Waals surface area contributed by atoms with E-state index in [0.29, 0.717) is 5.92 Å². The van der Waals surface area contributed by atoms with Gasteiger partial charge in [0.05, 0.1) is 5.56 Å². The molecule has 0 spiro atoms. The molecular formula is C13H16F3N. The first-order valence-electron chi connectivity index (χ1n) is 5.95. The van der Waals surface area contributed by atoms with E-state index in [-0.39, 0.29) is 11.7 Å². The van der Waals surface area contributed by atoms with Gasteiger partial charge in [0.25, 0.3) is 0 Å². The third kappa shape index (κ3) is 2.93. The van der Waals surface area contributed by atoms with Gasteiger partial charge in [0, 0.05) is 11.7 Å². The summed E-state index contributed by atoms with van der Waals surface area (Å²) in [5.74, 6) is 0.543. The smallest absolute Gasteiger partial charge is 0.382 e. The molecule has 0 heterocycles. The molecule has 0 bridgehead atoms. The average Bonchev–Trinajstić information content (AvgIpc) is 2.96. The highest BCUT2D eigenvalue weighted by Gasteiger charge is 2.39. The molecule has 1 aromatic rings. The zero-order chi connectivity index (χ0) is 12.5. The van der Waals surface area contributed by atoms with Crippen molar-refractivity contribution in [3.8, 4) is 0 Å². The largest absolute Gasteiger partial charge is 0.418 e. The van der Waals surface area contributed by atoms with Crippen LogP contribution in [0.5, 0.6) is 0 Å². The highest BCUT2D eigenvalue weighted by atomic mass is 19.4. The van der Waals surface area contributed by atoms with Crippen LogP contribution in [0.15, 0.2) is 24.3 Å². The van der Waals surface area contributed by atoms with Crippen LogP contribution >= 0.6 is 0 Å². The fourth-order valence-corrected chi connectivity index (χ4v) is 2.17. The SMILES string of the molecule is CCCC1CC1Nc1ccccc1C(F)(F)F. The number of alkyl halides is 3. The van der Waals surface area contributed by atoms with Gasteiger partial charge in [0.2, 0.25) is 0 Å². The molecule has 0 aliphatic heterocycles. The van der Waals surface area contributed by atoms with E-state index in [9.17, 15) is 13.2 Å². The second-order valence-corrected chi connectivity index (χ2v) is 4.58. The summed E-state index contributed by atoms with van der Waals surface area (Å²) in [5, 5.41) is 3.01. The molecule has 1 aliphatic rings. The maximum Gasteiger partial charge on any atom is 0.418 e. The summed E-state index contributed by atoms with van der Waals surface area (Å²) in [7, 11) is 0. The van der Waals surface area contributed by atoms with Crippen molar-refractivity contribution < 1.29 is 13.2 Å². The Bertz CT molecular complexity index is 386.